The molecule has 44 heavy (non-hydrogen) atoms. The summed E-state index contributed by atoms with van der Waals surface area (Å²) >= 11 is 0. The minimum atomic E-state index is -4.67. The molecule has 226 valence electrons. The van der Waals surface area contributed by atoms with Crippen LogP contribution in [0.25, 0.3) is 0 Å². The van der Waals surface area contributed by atoms with Gasteiger partial charge in [-0.15, -0.1) is 10.2 Å². The fourth-order valence-electron chi connectivity index (χ4n) is 5.73. The van der Waals surface area contributed by atoms with Crippen LogP contribution in [0, 0.1) is 5.41 Å². The molecule has 0 spiro atoms. The van der Waals surface area contributed by atoms with Gasteiger partial charge in [0.1, 0.15) is 0 Å². The van der Waals surface area contributed by atoms with E-state index >= 15 is 0 Å². The SMILES string of the molecule is CC12CC=CC(NC(=O)c3ccc(C4(C(F)(F)F)N=N4)cc3)=C1NC=C2C(=O)C(=O)N1CCN(C(=O)c2ccccc2)CC1. The van der Waals surface area contributed by atoms with Crippen LogP contribution in [0.2, 0.25) is 0 Å². The van der Waals surface area contributed by atoms with Crippen LogP contribution < -0.4 is 10.6 Å². The van der Waals surface area contributed by atoms with E-state index in [1.54, 1.807) is 48.2 Å². The Balaban J connectivity index is 1.11. The van der Waals surface area contributed by atoms with E-state index in [4.69, 9.17) is 0 Å². The maximum absolute atomic E-state index is 13.5. The highest BCUT2D eigenvalue weighted by Gasteiger charge is 2.65. The number of Topliss-reactive ketones (excluding diaryl/α,β-unsaturated/α-hetero) is 1. The summed E-state index contributed by atoms with van der Waals surface area (Å²) in [7, 11) is 0. The molecule has 4 aliphatic rings. The molecule has 13 heteroatoms. The number of ketones is 1. The zero-order chi connectivity index (χ0) is 31.3. The molecule has 10 nitrogen and oxygen atoms in total. The molecule has 1 atom stereocenters. The summed E-state index contributed by atoms with van der Waals surface area (Å²) in [4.78, 5) is 55.6. The third kappa shape index (κ3) is 4.87. The number of rotatable bonds is 6. The van der Waals surface area contributed by atoms with E-state index in [1.807, 2.05) is 6.07 Å². The number of alkyl halides is 3. The zero-order valence-electron chi connectivity index (χ0n) is 23.5. The molecule has 2 aromatic carbocycles. The van der Waals surface area contributed by atoms with Crippen molar-refractivity contribution in [3.8, 4) is 0 Å². The lowest BCUT2D eigenvalue weighted by Gasteiger charge is -2.35. The first-order chi connectivity index (χ1) is 20.9. The van der Waals surface area contributed by atoms with E-state index in [1.165, 1.54) is 23.2 Å². The summed E-state index contributed by atoms with van der Waals surface area (Å²) in [5.41, 5.74) is -1.88. The number of hydrogen-bond donors (Lipinski definition) is 2. The average molecular weight is 605 g/mol. The molecule has 0 saturated carbocycles. The molecular formula is C31H27F3N6O4. The van der Waals surface area contributed by atoms with Gasteiger partial charge in [-0.1, -0.05) is 36.4 Å². The highest BCUT2D eigenvalue weighted by Crippen LogP contribution is 2.52. The second-order valence-electron chi connectivity index (χ2n) is 11.1. The van der Waals surface area contributed by atoms with Crippen molar-refractivity contribution >= 4 is 23.5 Å². The van der Waals surface area contributed by atoms with E-state index in [9.17, 15) is 32.3 Å². The second-order valence-corrected chi connectivity index (χ2v) is 11.1. The van der Waals surface area contributed by atoms with Crippen molar-refractivity contribution in [1.82, 2.24) is 20.4 Å². The van der Waals surface area contributed by atoms with Crippen LogP contribution in [0.3, 0.4) is 0 Å². The van der Waals surface area contributed by atoms with Crippen LogP contribution >= 0.6 is 0 Å². The van der Waals surface area contributed by atoms with E-state index < -0.39 is 34.9 Å². The smallest absolute Gasteiger partial charge is 0.362 e. The van der Waals surface area contributed by atoms with E-state index in [0.717, 1.165) is 12.1 Å². The first-order valence-corrected chi connectivity index (χ1v) is 13.9. The van der Waals surface area contributed by atoms with Crippen molar-refractivity contribution in [2.24, 2.45) is 15.6 Å². The Morgan fingerprint density at radius 3 is 2.14 bits per heavy atom. The van der Waals surface area contributed by atoms with E-state index in [0.29, 0.717) is 36.5 Å². The normalized spacial score (nSPS) is 21.8. The monoisotopic (exact) mass is 604 g/mol. The Kier molecular flexibility index (Phi) is 6.98. The van der Waals surface area contributed by atoms with E-state index in [2.05, 4.69) is 20.9 Å². The summed E-state index contributed by atoms with van der Waals surface area (Å²) < 4.78 is 39.9. The summed E-state index contributed by atoms with van der Waals surface area (Å²) in [6, 6.07) is 13.7. The fourth-order valence-corrected chi connectivity index (χ4v) is 5.73. The molecule has 1 saturated heterocycles. The topological polar surface area (TPSA) is 124 Å². The molecule has 1 unspecified atom stereocenters. The van der Waals surface area contributed by atoms with Gasteiger partial charge in [0.25, 0.3) is 17.7 Å². The number of allylic oxidation sites excluding steroid dienone is 3. The molecule has 2 N–H and O–H groups in total. The number of carbonyl (C=O) groups is 4. The molecule has 6 rings (SSSR count). The Hall–Kier alpha value is -5.07. The number of carbonyl (C=O) groups excluding carboxylic acids is 4. The predicted octanol–water partition coefficient (Wildman–Crippen LogP) is 3.82. The highest BCUT2D eigenvalue weighted by atomic mass is 19.4. The Bertz CT molecular complexity index is 1670. The number of halogens is 3. The van der Waals surface area contributed by atoms with Crippen LogP contribution in [-0.2, 0) is 15.3 Å². The number of amides is 3. The van der Waals surface area contributed by atoms with Crippen LogP contribution in [0.5, 0.6) is 0 Å². The summed E-state index contributed by atoms with van der Waals surface area (Å²) in [6.45, 7) is 2.82. The summed E-state index contributed by atoms with van der Waals surface area (Å²) in [5.74, 6) is -2.05. The third-order valence-electron chi connectivity index (χ3n) is 8.39. The maximum atomic E-state index is 13.5. The van der Waals surface area contributed by atoms with Crippen molar-refractivity contribution in [3.63, 3.8) is 0 Å². The van der Waals surface area contributed by atoms with Gasteiger partial charge in [-0.2, -0.15) is 13.2 Å². The van der Waals surface area contributed by atoms with Gasteiger partial charge in [0.15, 0.2) is 0 Å². The molecule has 1 aliphatic carbocycles. The lowest BCUT2D eigenvalue weighted by atomic mass is 9.74. The van der Waals surface area contributed by atoms with Gasteiger partial charge >= 0.3 is 11.8 Å². The summed E-state index contributed by atoms with van der Waals surface area (Å²) in [5, 5.41) is 12.2. The average Bonchev–Trinajstić information content (AvgIpc) is 3.78. The lowest BCUT2D eigenvalue weighted by molar-refractivity contribution is -0.166. The van der Waals surface area contributed by atoms with Crippen molar-refractivity contribution in [2.45, 2.75) is 25.2 Å². The molecule has 3 aliphatic heterocycles. The number of benzene rings is 2. The third-order valence-corrected chi connectivity index (χ3v) is 8.39. The van der Waals surface area contributed by atoms with Crippen molar-refractivity contribution in [1.29, 1.82) is 0 Å². The molecule has 3 heterocycles. The molecule has 0 radical (unpaired) electrons. The second kappa shape index (κ2) is 10.6. The minimum Gasteiger partial charge on any atom is -0.362 e. The molecule has 0 bridgehead atoms. The number of nitrogens with one attached hydrogen (secondary N) is 2. The number of nitrogens with zero attached hydrogens (tertiary/aromatic N) is 4. The quantitative estimate of drug-likeness (QED) is 0.486. The predicted molar refractivity (Wildman–Crippen MR) is 151 cm³/mol. The number of piperazine rings is 1. The molecule has 1 fully saturated rings. The standard InChI is InChI=1S/C31H27F3N6O4/c1-29-13-5-8-23(36-26(42)19-9-11-21(12-10-19)30(37-38-30)31(32,33)34)25(29)35-18-22(29)24(41)28(44)40-16-14-39(15-17-40)27(43)20-6-3-2-4-7-20/h2-12,18,35H,13-17H2,1H3,(H,36,42). The van der Waals surface area contributed by atoms with E-state index in [-0.39, 0.29) is 35.7 Å². The summed E-state index contributed by atoms with van der Waals surface area (Å²) in [6.07, 6.45) is 0.632. The maximum Gasteiger partial charge on any atom is 0.442 e. The molecule has 3 amide bonds. The Morgan fingerprint density at radius 2 is 1.52 bits per heavy atom. The Morgan fingerprint density at radius 1 is 0.886 bits per heavy atom. The first kappa shape index (κ1) is 29.0. The largest absolute Gasteiger partial charge is 0.442 e. The van der Waals surface area contributed by atoms with Crippen molar-refractivity contribution in [3.05, 3.63) is 107 Å². The van der Waals surface area contributed by atoms with Gasteiger partial charge < -0.3 is 20.4 Å². The van der Waals surface area contributed by atoms with Crippen molar-refractivity contribution in [2.75, 3.05) is 26.2 Å². The van der Waals surface area contributed by atoms with Gasteiger partial charge in [-0.05, 0) is 43.7 Å². The number of fused-ring (bicyclic) bond motifs is 1. The van der Waals surface area contributed by atoms with Gasteiger partial charge in [0, 0.05) is 65.8 Å². The first-order valence-electron chi connectivity index (χ1n) is 13.9. The zero-order valence-corrected chi connectivity index (χ0v) is 23.5. The highest BCUT2D eigenvalue weighted by molar-refractivity contribution is 6.43. The van der Waals surface area contributed by atoms with Gasteiger partial charge in [0.2, 0.25) is 5.78 Å². The molecular weight excluding hydrogens is 577 g/mol. The Labute approximate surface area is 250 Å². The van der Waals surface area contributed by atoms with Crippen LogP contribution in [0.1, 0.15) is 39.6 Å². The van der Waals surface area contributed by atoms with Crippen molar-refractivity contribution < 1.29 is 32.3 Å². The lowest BCUT2D eigenvalue weighted by Crippen LogP contribution is -2.52. The van der Waals surface area contributed by atoms with Crippen LogP contribution in [0.15, 0.2) is 100 Å². The van der Waals surface area contributed by atoms with Crippen LogP contribution in [0.4, 0.5) is 13.2 Å². The minimum absolute atomic E-state index is 0.114. The number of hydrogen-bond acceptors (Lipinski definition) is 7. The van der Waals surface area contributed by atoms with Gasteiger partial charge in [-0.25, -0.2) is 0 Å². The molecule has 0 aromatic heterocycles. The van der Waals surface area contributed by atoms with Gasteiger partial charge in [0.05, 0.1) is 5.70 Å². The van der Waals surface area contributed by atoms with Crippen LogP contribution in [-0.4, -0.2) is 65.7 Å². The molecule has 2 aromatic rings. The fraction of sp³-hybridized carbons (Fsp3) is 0.290. The van der Waals surface area contributed by atoms with Gasteiger partial charge in [-0.3, -0.25) is 19.2 Å².